The Kier molecular flexibility index (Phi) is 2.18. The van der Waals surface area contributed by atoms with Gasteiger partial charge in [-0.1, -0.05) is 32.9 Å². The SMILES string of the molecule is CC1CCC(C)(C)[13CH]=[13CH]C1. The molecule has 10 heavy (non-hydrogen) atoms. The highest BCUT2D eigenvalue weighted by Gasteiger charge is 2.17. The Bertz CT molecular complexity index is 131. The molecule has 58 valence electrons. The minimum absolute atomic E-state index is 0.463. The van der Waals surface area contributed by atoms with Crippen LogP contribution in [-0.4, -0.2) is 0 Å². The molecule has 0 heterocycles. The molecule has 0 saturated carbocycles. The molecule has 0 aromatic heterocycles. The molecule has 0 nitrogen and oxygen atoms in total. The van der Waals surface area contributed by atoms with E-state index in [4.69, 9.17) is 0 Å². The van der Waals surface area contributed by atoms with E-state index in [1.165, 1.54) is 19.3 Å². The second-order valence-electron chi connectivity index (χ2n) is 4.27. The normalized spacial score (nSPS) is 31.7. The lowest BCUT2D eigenvalue weighted by molar-refractivity contribution is 0.389. The highest BCUT2D eigenvalue weighted by Crippen LogP contribution is 2.30. The molecular weight excluding hydrogens is 122 g/mol. The van der Waals surface area contributed by atoms with Crippen molar-refractivity contribution in [2.75, 3.05) is 0 Å². The summed E-state index contributed by atoms with van der Waals surface area (Å²) in [5.74, 6) is 0.901. The lowest BCUT2D eigenvalue weighted by atomic mass is 9.93. The fourth-order valence-electron chi connectivity index (χ4n) is 1.44. The summed E-state index contributed by atoms with van der Waals surface area (Å²) in [7, 11) is 0. The molecule has 0 N–H and O–H groups in total. The molecule has 0 amide bonds. The van der Waals surface area contributed by atoms with E-state index in [9.17, 15) is 0 Å². The van der Waals surface area contributed by atoms with Crippen LogP contribution in [0.1, 0.15) is 40.0 Å². The minimum atomic E-state index is 0.463. The maximum Gasteiger partial charge on any atom is -0.0175 e. The third-order valence-electron chi connectivity index (χ3n) is 2.39. The molecule has 1 rings (SSSR count). The molecule has 0 saturated heterocycles. The summed E-state index contributed by atoms with van der Waals surface area (Å²) in [5.41, 5.74) is 0.463. The Hall–Kier alpha value is -0.260. The van der Waals surface area contributed by atoms with Crippen LogP contribution in [0, 0.1) is 11.3 Å². The van der Waals surface area contributed by atoms with Crippen molar-refractivity contribution in [1.29, 1.82) is 0 Å². The summed E-state index contributed by atoms with van der Waals surface area (Å²) in [6.45, 7) is 6.98. The second kappa shape index (κ2) is 2.77. The quantitative estimate of drug-likeness (QED) is 0.357. The van der Waals surface area contributed by atoms with Gasteiger partial charge >= 0.3 is 0 Å². The van der Waals surface area contributed by atoms with Crippen LogP contribution in [0.15, 0.2) is 12.2 Å². The highest BCUT2D eigenvalue weighted by atomic mass is 14.5. The first kappa shape index (κ1) is 7.84. The predicted octanol–water partition coefficient (Wildman–Crippen LogP) is 3.39. The Labute approximate surface area is 64.3 Å². The highest BCUT2D eigenvalue weighted by molar-refractivity contribution is 4.98. The predicted molar refractivity (Wildman–Crippen MR) is 45.9 cm³/mol. The molecule has 1 aliphatic rings. The van der Waals surface area contributed by atoms with Crippen LogP contribution in [0.25, 0.3) is 0 Å². The van der Waals surface area contributed by atoms with E-state index < -0.39 is 0 Å². The van der Waals surface area contributed by atoms with Gasteiger partial charge in [-0.3, -0.25) is 0 Å². The third-order valence-corrected chi connectivity index (χ3v) is 2.39. The Balaban J connectivity index is 2.55. The van der Waals surface area contributed by atoms with Crippen molar-refractivity contribution in [3.05, 3.63) is 12.2 Å². The van der Waals surface area contributed by atoms with Gasteiger partial charge in [-0.25, -0.2) is 0 Å². The molecule has 0 fully saturated rings. The van der Waals surface area contributed by atoms with Crippen LogP contribution in [-0.2, 0) is 0 Å². The van der Waals surface area contributed by atoms with E-state index in [0.29, 0.717) is 5.41 Å². The van der Waals surface area contributed by atoms with Gasteiger partial charge in [-0.15, -0.1) is 0 Å². The second-order valence-corrected chi connectivity index (χ2v) is 4.27. The van der Waals surface area contributed by atoms with Crippen LogP contribution in [0.2, 0.25) is 0 Å². The van der Waals surface area contributed by atoms with Crippen molar-refractivity contribution in [1.82, 2.24) is 0 Å². The molecule has 1 unspecified atom stereocenters. The lowest BCUT2D eigenvalue weighted by Gasteiger charge is -2.18. The van der Waals surface area contributed by atoms with E-state index in [1.807, 2.05) is 0 Å². The summed E-state index contributed by atoms with van der Waals surface area (Å²) < 4.78 is 0. The van der Waals surface area contributed by atoms with E-state index in [1.54, 1.807) is 0 Å². The van der Waals surface area contributed by atoms with Gasteiger partial charge < -0.3 is 0 Å². The van der Waals surface area contributed by atoms with Gasteiger partial charge in [0.1, 0.15) is 0 Å². The first-order valence-corrected chi connectivity index (χ1v) is 4.28. The Morgan fingerprint density at radius 2 is 2.10 bits per heavy atom. The summed E-state index contributed by atoms with van der Waals surface area (Å²) in [5, 5.41) is 0. The molecule has 1 aliphatic carbocycles. The maximum absolute atomic E-state index is 2.37. The lowest BCUT2D eigenvalue weighted by Crippen LogP contribution is -2.06. The van der Waals surface area contributed by atoms with Crippen LogP contribution in [0.5, 0.6) is 0 Å². The van der Waals surface area contributed by atoms with Crippen molar-refractivity contribution in [2.45, 2.75) is 40.0 Å². The third kappa shape index (κ3) is 2.17. The van der Waals surface area contributed by atoms with Crippen molar-refractivity contribution in [3.63, 3.8) is 0 Å². The fraction of sp³-hybridized carbons (Fsp3) is 0.800. The van der Waals surface area contributed by atoms with Gasteiger partial charge in [0.05, 0.1) is 0 Å². The summed E-state index contributed by atoms with van der Waals surface area (Å²) >= 11 is 0. The molecule has 0 spiro atoms. The van der Waals surface area contributed by atoms with Gasteiger partial charge in [0.15, 0.2) is 0 Å². The minimum Gasteiger partial charge on any atom is -0.0877 e. The standard InChI is InChI=1S/C10H18/c1-9-5-4-7-10(2,3)8-6-9/h4,7,9H,5-6,8H2,1-3H3/i4+1,7+1. The van der Waals surface area contributed by atoms with Crippen molar-refractivity contribution < 1.29 is 0 Å². The fourth-order valence-corrected chi connectivity index (χ4v) is 1.44. The van der Waals surface area contributed by atoms with E-state index in [-0.39, 0.29) is 0 Å². The molecule has 0 aromatic carbocycles. The van der Waals surface area contributed by atoms with Crippen molar-refractivity contribution in [3.8, 4) is 0 Å². The monoisotopic (exact) mass is 140 g/mol. The number of hydrogen-bond acceptors (Lipinski definition) is 0. The number of hydrogen-bond donors (Lipinski definition) is 0. The zero-order valence-corrected chi connectivity index (χ0v) is 7.35. The Morgan fingerprint density at radius 3 is 2.80 bits per heavy atom. The average Bonchev–Trinajstić information content (AvgIpc) is 1.94. The van der Waals surface area contributed by atoms with Crippen molar-refractivity contribution >= 4 is 0 Å². The van der Waals surface area contributed by atoms with Crippen LogP contribution in [0.3, 0.4) is 0 Å². The van der Waals surface area contributed by atoms with Gasteiger partial charge in [-0.2, -0.15) is 0 Å². The topological polar surface area (TPSA) is 0 Å². The summed E-state index contributed by atoms with van der Waals surface area (Å²) in [6.07, 6.45) is 8.74. The van der Waals surface area contributed by atoms with E-state index in [0.717, 1.165) is 5.92 Å². The van der Waals surface area contributed by atoms with Gasteiger partial charge in [0.2, 0.25) is 0 Å². The van der Waals surface area contributed by atoms with E-state index >= 15 is 0 Å². The molecule has 0 aliphatic heterocycles. The van der Waals surface area contributed by atoms with Crippen LogP contribution >= 0.6 is 0 Å². The van der Waals surface area contributed by atoms with Gasteiger partial charge in [0.25, 0.3) is 0 Å². The first-order chi connectivity index (χ1) is 4.60. The van der Waals surface area contributed by atoms with Gasteiger partial charge in [-0.05, 0) is 30.6 Å². The van der Waals surface area contributed by atoms with Gasteiger partial charge in [0, 0.05) is 0 Å². The average molecular weight is 140 g/mol. The molecule has 0 radical (unpaired) electrons. The van der Waals surface area contributed by atoms with Crippen molar-refractivity contribution in [2.24, 2.45) is 11.3 Å². The molecule has 0 heteroatoms. The number of rotatable bonds is 0. The molecular formula is C10H18. The largest absolute Gasteiger partial charge is 0.0877 e. The Morgan fingerprint density at radius 1 is 1.40 bits per heavy atom. The summed E-state index contributed by atoms with van der Waals surface area (Å²) in [6, 6.07) is 0. The number of allylic oxidation sites excluding steroid dienone is 2. The maximum atomic E-state index is 2.37. The van der Waals surface area contributed by atoms with E-state index in [2.05, 4.69) is 32.9 Å². The summed E-state index contributed by atoms with van der Waals surface area (Å²) in [4.78, 5) is 0. The molecule has 0 aromatic rings. The molecule has 0 bridgehead atoms. The molecule has 1 atom stereocenters. The first-order valence-electron chi connectivity index (χ1n) is 4.28. The zero-order chi connectivity index (χ0) is 7.61. The zero-order valence-electron chi connectivity index (χ0n) is 7.35. The smallest absolute Gasteiger partial charge is 0.0175 e. The van der Waals surface area contributed by atoms with Crippen LogP contribution in [0.4, 0.5) is 0 Å². The van der Waals surface area contributed by atoms with Crippen LogP contribution < -0.4 is 0 Å².